The van der Waals surface area contributed by atoms with Gasteiger partial charge in [0.1, 0.15) is 0 Å². The molecule has 7 nitrogen and oxygen atoms in total. The lowest BCUT2D eigenvalue weighted by molar-refractivity contribution is -0.136. The number of hydrogen-bond acceptors (Lipinski definition) is 4. The Labute approximate surface area is 151 Å². The smallest absolute Gasteiger partial charge is 0.418 e. The van der Waals surface area contributed by atoms with Crippen LogP contribution < -0.4 is 10.0 Å². The highest BCUT2D eigenvalue weighted by Gasteiger charge is 2.35. The van der Waals surface area contributed by atoms with Crippen molar-refractivity contribution in [3.63, 3.8) is 0 Å². The highest BCUT2D eigenvalue weighted by molar-refractivity contribution is 7.92. The Kier molecular flexibility index (Phi) is 5.45. The normalized spacial score (nSPS) is 11.7. The van der Waals surface area contributed by atoms with Gasteiger partial charge in [-0.05, 0) is 42.5 Å². The number of carbonyl (C=O) groups is 2. The van der Waals surface area contributed by atoms with Gasteiger partial charge in [-0.15, -0.1) is 0 Å². The number of amides is 1. The Hall–Kier alpha value is -3.08. The average molecular weight is 402 g/mol. The molecule has 2 rings (SSSR count). The zero-order chi connectivity index (χ0) is 20.4. The number of rotatable bonds is 5. The van der Waals surface area contributed by atoms with E-state index in [1.165, 1.54) is 0 Å². The molecule has 0 saturated carbocycles. The zero-order valence-electron chi connectivity index (χ0n) is 13.7. The molecule has 0 aliphatic heterocycles. The molecule has 2 aromatic rings. The third-order valence-corrected chi connectivity index (χ3v) is 4.68. The molecule has 0 atom stereocenters. The van der Waals surface area contributed by atoms with E-state index in [2.05, 4.69) is 5.32 Å². The summed E-state index contributed by atoms with van der Waals surface area (Å²) < 4.78 is 66.3. The van der Waals surface area contributed by atoms with E-state index in [1.807, 2.05) is 4.72 Å². The van der Waals surface area contributed by atoms with E-state index < -0.39 is 44.2 Å². The number of benzene rings is 2. The van der Waals surface area contributed by atoms with Crippen LogP contribution in [0.15, 0.2) is 47.4 Å². The van der Waals surface area contributed by atoms with Crippen molar-refractivity contribution in [2.75, 3.05) is 10.0 Å². The second kappa shape index (κ2) is 7.27. The van der Waals surface area contributed by atoms with E-state index in [4.69, 9.17) is 5.11 Å². The van der Waals surface area contributed by atoms with Crippen LogP contribution in [0.2, 0.25) is 0 Å². The van der Waals surface area contributed by atoms with E-state index in [-0.39, 0.29) is 11.3 Å². The van der Waals surface area contributed by atoms with Gasteiger partial charge in [-0.3, -0.25) is 9.52 Å². The van der Waals surface area contributed by atoms with Gasteiger partial charge in [-0.1, -0.05) is 0 Å². The molecule has 0 radical (unpaired) electrons. The molecule has 0 heterocycles. The first-order valence-electron chi connectivity index (χ1n) is 7.25. The fraction of sp³-hybridized carbons (Fsp3) is 0.125. The monoisotopic (exact) mass is 402 g/mol. The summed E-state index contributed by atoms with van der Waals surface area (Å²) in [5.74, 6) is -1.87. The SMILES string of the molecule is CC(=O)Nc1ccc(NS(=O)(=O)c2ccc(C(=O)O)cc2)c(C(F)(F)F)c1. The van der Waals surface area contributed by atoms with Crippen molar-refractivity contribution in [1.29, 1.82) is 0 Å². The number of carboxylic acids is 1. The fourth-order valence-corrected chi connectivity index (χ4v) is 3.21. The molecule has 11 heteroatoms. The van der Waals surface area contributed by atoms with E-state index in [0.29, 0.717) is 6.07 Å². The maximum absolute atomic E-state index is 13.3. The molecular formula is C16H13F3N2O5S. The van der Waals surface area contributed by atoms with Crippen molar-refractivity contribution in [2.24, 2.45) is 0 Å². The standard InChI is InChI=1S/C16H13F3N2O5S/c1-9(22)20-11-4-7-14(13(8-11)16(17,18)19)21-27(25,26)12-5-2-10(3-6-12)15(23)24/h2-8,21H,1H3,(H,20,22)(H,23,24). The number of sulfonamides is 1. The van der Waals surface area contributed by atoms with Crippen LogP contribution in [0.1, 0.15) is 22.8 Å². The lowest BCUT2D eigenvalue weighted by Gasteiger charge is -2.16. The fourth-order valence-electron chi connectivity index (χ4n) is 2.13. The van der Waals surface area contributed by atoms with Crippen molar-refractivity contribution in [1.82, 2.24) is 0 Å². The summed E-state index contributed by atoms with van der Waals surface area (Å²) in [5.41, 5.74) is -2.36. The summed E-state index contributed by atoms with van der Waals surface area (Å²) in [7, 11) is -4.40. The molecule has 0 unspecified atom stereocenters. The third kappa shape index (κ3) is 4.97. The number of carbonyl (C=O) groups excluding carboxylic acids is 1. The summed E-state index contributed by atoms with van der Waals surface area (Å²) in [6, 6.07) is 6.55. The van der Waals surface area contributed by atoms with Crippen LogP contribution >= 0.6 is 0 Å². The highest BCUT2D eigenvalue weighted by Crippen LogP contribution is 2.37. The first-order valence-corrected chi connectivity index (χ1v) is 8.73. The van der Waals surface area contributed by atoms with Crippen molar-refractivity contribution in [3.05, 3.63) is 53.6 Å². The van der Waals surface area contributed by atoms with Gasteiger partial charge >= 0.3 is 12.1 Å². The maximum atomic E-state index is 13.3. The first-order chi connectivity index (χ1) is 12.4. The molecule has 1 amide bonds. The quantitative estimate of drug-likeness (QED) is 0.711. The van der Waals surface area contributed by atoms with Gasteiger partial charge in [0.15, 0.2) is 0 Å². The van der Waals surface area contributed by atoms with Gasteiger partial charge in [-0.2, -0.15) is 13.2 Å². The predicted octanol–water partition coefficient (Wildman–Crippen LogP) is 3.16. The van der Waals surface area contributed by atoms with Crippen LogP contribution in [0.5, 0.6) is 0 Å². The maximum Gasteiger partial charge on any atom is 0.418 e. The van der Waals surface area contributed by atoms with Crippen LogP contribution in [-0.4, -0.2) is 25.4 Å². The predicted molar refractivity (Wildman–Crippen MR) is 90.0 cm³/mol. The lowest BCUT2D eigenvalue weighted by Crippen LogP contribution is -2.18. The number of nitrogens with one attached hydrogen (secondary N) is 2. The summed E-state index contributed by atoms with van der Waals surface area (Å²) in [6.45, 7) is 1.12. The van der Waals surface area contributed by atoms with Crippen molar-refractivity contribution >= 4 is 33.3 Å². The number of alkyl halides is 3. The minimum absolute atomic E-state index is 0.149. The Bertz CT molecular complexity index is 986. The summed E-state index contributed by atoms with van der Waals surface area (Å²) >= 11 is 0. The van der Waals surface area contributed by atoms with Crippen LogP contribution in [0, 0.1) is 0 Å². The number of halogens is 3. The topological polar surface area (TPSA) is 113 Å². The molecule has 0 aliphatic carbocycles. The Morgan fingerprint density at radius 2 is 1.63 bits per heavy atom. The Morgan fingerprint density at radius 3 is 2.11 bits per heavy atom. The Balaban J connectivity index is 2.42. The van der Waals surface area contributed by atoms with Crippen LogP contribution in [0.4, 0.5) is 24.5 Å². The highest BCUT2D eigenvalue weighted by atomic mass is 32.2. The minimum atomic E-state index is -4.89. The van der Waals surface area contributed by atoms with E-state index in [9.17, 15) is 31.2 Å². The van der Waals surface area contributed by atoms with Crippen LogP contribution in [-0.2, 0) is 21.0 Å². The number of carboxylic acid groups (broad SMARTS) is 1. The van der Waals surface area contributed by atoms with Crippen LogP contribution in [0.3, 0.4) is 0 Å². The van der Waals surface area contributed by atoms with E-state index in [1.54, 1.807) is 0 Å². The van der Waals surface area contributed by atoms with Gasteiger partial charge in [0.25, 0.3) is 10.0 Å². The van der Waals surface area contributed by atoms with Gasteiger partial charge in [0, 0.05) is 12.6 Å². The van der Waals surface area contributed by atoms with Gasteiger partial charge < -0.3 is 10.4 Å². The van der Waals surface area contributed by atoms with Gasteiger partial charge in [0.2, 0.25) is 5.91 Å². The summed E-state index contributed by atoms with van der Waals surface area (Å²) in [4.78, 5) is 21.4. The minimum Gasteiger partial charge on any atom is -0.478 e. The van der Waals surface area contributed by atoms with Crippen molar-refractivity contribution in [2.45, 2.75) is 18.0 Å². The molecule has 3 N–H and O–H groups in total. The van der Waals surface area contributed by atoms with Crippen molar-refractivity contribution in [3.8, 4) is 0 Å². The molecule has 0 bridgehead atoms. The molecule has 2 aromatic carbocycles. The molecule has 144 valence electrons. The zero-order valence-corrected chi connectivity index (χ0v) is 14.5. The second-order valence-electron chi connectivity index (χ2n) is 5.37. The molecule has 0 spiro atoms. The molecule has 0 fully saturated rings. The molecule has 27 heavy (non-hydrogen) atoms. The number of aromatic carboxylic acids is 1. The van der Waals surface area contributed by atoms with E-state index >= 15 is 0 Å². The average Bonchev–Trinajstić information content (AvgIpc) is 2.54. The van der Waals surface area contributed by atoms with Gasteiger partial charge in [0.05, 0.1) is 21.7 Å². The molecule has 0 aliphatic rings. The molecule has 0 saturated heterocycles. The van der Waals surface area contributed by atoms with E-state index in [0.717, 1.165) is 43.3 Å². The van der Waals surface area contributed by atoms with Crippen LogP contribution in [0.25, 0.3) is 0 Å². The lowest BCUT2D eigenvalue weighted by atomic mass is 10.1. The van der Waals surface area contributed by atoms with Gasteiger partial charge in [-0.25, -0.2) is 13.2 Å². The first kappa shape index (κ1) is 20.2. The number of anilines is 2. The largest absolute Gasteiger partial charge is 0.478 e. The summed E-state index contributed by atoms with van der Waals surface area (Å²) in [6.07, 6.45) is -4.89. The molecular weight excluding hydrogens is 389 g/mol. The third-order valence-electron chi connectivity index (χ3n) is 3.30. The number of hydrogen-bond donors (Lipinski definition) is 3. The van der Waals surface area contributed by atoms with Crippen molar-refractivity contribution < 1.29 is 36.3 Å². The Morgan fingerprint density at radius 1 is 1.04 bits per heavy atom. The molecule has 0 aromatic heterocycles. The summed E-state index contributed by atoms with van der Waals surface area (Å²) in [5, 5.41) is 11.0. The second-order valence-corrected chi connectivity index (χ2v) is 7.06.